The van der Waals surface area contributed by atoms with Crippen molar-refractivity contribution in [3.63, 3.8) is 0 Å². The Morgan fingerprint density at radius 2 is 1.87 bits per heavy atom. The Balaban J connectivity index is 1.82. The Morgan fingerprint density at radius 1 is 1.07 bits per heavy atom. The van der Waals surface area contributed by atoms with E-state index in [2.05, 4.69) is 5.32 Å². The Kier molecular flexibility index (Phi) is 6.11. The highest BCUT2D eigenvalue weighted by molar-refractivity contribution is 7.81. The average Bonchev–Trinajstić information content (AvgIpc) is 3.21. The molecule has 30 heavy (non-hydrogen) atoms. The van der Waals surface area contributed by atoms with Gasteiger partial charge in [0.15, 0.2) is 17.4 Å². The number of pyridine rings is 1. The molecule has 0 saturated carbocycles. The van der Waals surface area contributed by atoms with Crippen molar-refractivity contribution in [2.75, 3.05) is 5.32 Å². The van der Waals surface area contributed by atoms with Crippen LogP contribution in [0, 0.1) is 0 Å². The maximum absolute atomic E-state index is 13.4. The summed E-state index contributed by atoms with van der Waals surface area (Å²) in [7, 11) is 0. The number of nitrogens with zero attached hydrogens (tertiary/aromatic N) is 1. The molecule has 4 nitrogen and oxygen atoms in total. The molecule has 150 valence electrons. The standard InChI is InChI=1S/C23H17ClN2O2S2/c24-20-11-10-19(30-20)22(28)21(26-12-4-5-15(13-26)14-27)23(29)25-18-9-3-7-16-6-1-2-8-17(16)18/h1-13,27H,14H2,(H-,25,28,29). The van der Waals surface area contributed by atoms with E-state index in [1.165, 1.54) is 11.3 Å². The lowest BCUT2D eigenvalue weighted by Gasteiger charge is -2.16. The van der Waals surface area contributed by atoms with E-state index in [1.54, 1.807) is 41.2 Å². The van der Waals surface area contributed by atoms with Gasteiger partial charge < -0.3 is 15.5 Å². The van der Waals surface area contributed by atoms with Gasteiger partial charge in [0, 0.05) is 27.6 Å². The maximum Gasteiger partial charge on any atom is 0.239 e. The van der Waals surface area contributed by atoms with E-state index in [0.29, 0.717) is 14.8 Å². The van der Waals surface area contributed by atoms with Crippen LogP contribution in [0.25, 0.3) is 22.2 Å². The van der Waals surface area contributed by atoms with Gasteiger partial charge in [-0.1, -0.05) is 60.2 Å². The number of fused-ring (bicyclic) bond motifs is 1. The number of thiocarbonyl (C=S) groups is 1. The monoisotopic (exact) mass is 452 g/mol. The van der Waals surface area contributed by atoms with Crippen LogP contribution in [-0.4, -0.2) is 10.1 Å². The SMILES string of the molecule is [O-]C(=C(C(=S)Nc1cccc2ccccc12)[n+]1cccc(CO)c1)c1ccc(Cl)s1. The van der Waals surface area contributed by atoms with Crippen LogP contribution in [0.3, 0.4) is 0 Å². The van der Waals surface area contributed by atoms with Crippen molar-refractivity contribution >= 4 is 68.1 Å². The third kappa shape index (κ3) is 4.22. The van der Waals surface area contributed by atoms with Gasteiger partial charge in [0.2, 0.25) is 5.70 Å². The van der Waals surface area contributed by atoms with Gasteiger partial charge in [-0.15, -0.1) is 11.3 Å². The molecule has 0 radical (unpaired) electrons. The lowest BCUT2D eigenvalue weighted by atomic mass is 10.1. The quantitative estimate of drug-likeness (QED) is 0.203. The van der Waals surface area contributed by atoms with Crippen LogP contribution >= 0.6 is 35.2 Å². The minimum absolute atomic E-state index is 0.142. The normalized spacial score (nSPS) is 11.9. The number of aliphatic hydroxyl groups is 1. The lowest BCUT2D eigenvalue weighted by Crippen LogP contribution is -2.40. The number of benzene rings is 2. The van der Waals surface area contributed by atoms with E-state index in [-0.39, 0.29) is 23.1 Å². The molecule has 7 heteroatoms. The molecule has 0 saturated heterocycles. The predicted molar refractivity (Wildman–Crippen MR) is 125 cm³/mol. The van der Waals surface area contributed by atoms with Gasteiger partial charge in [-0.25, -0.2) is 0 Å². The summed E-state index contributed by atoms with van der Waals surface area (Å²) in [5, 5.41) is 28.2. The van der Waals surface area contributed by atoms with Gasteiger partial charge in [-0.05, 0) is 35.4 Å². The van der Waals surface area contributed by atoms with Gasteiger partial charge in [0.1, 0.15) is 0 Å². The van der Waals surface area contributed by atoms with Gasteiger partial charge in [-0.2, -0.15) is 4.57 Å². The first kappa shape index (κ1) is 20.5. The number of aromatic nitrogens is 1. The van der Waals surface area contributed by atoms with Crippen molar-refractivity contribution < 1.29 is 14.8 Å². The molecule has 0 aliphatic heterocycles. The fraction of sp³-hybridized carbons (Fsp3) is 0.0435. The van der Waals surface area contributed by atoms with Crippen LogP contribution in [0.5, 0.6) is 0 Å². The zero-order valence-corrected chi connectivity index (χ0v) is 18.1. The van der Waals surface area contributed by atoms with E-state index >= 15 is 0 Å². The number of hydrogen-bond acceptors (Lipinski definition) is 4. The van der Waals surface area contributed by atoms with E-state index in [9.17, 15) is 10.2 Å². The van der Waals surface area contributed by atoms with Gasteiger partial charge >= 0.3 is 0 Å². The molecule has 0 fully saturated rings. The summed E-state index contributed by atoms with van der Waals surface area (Å²) in [6, 6.07) is 20.8. The highest BCUT2D eigenvalue weighted by atomic mass is 35.5. The van der Waals surface area contributed by atoms with Crippen LogP contribution in [0.2, 0.25) is 4.34 Å². The first-order chi connectivity index (χ1) is 14.6. The van der Waals surface area contributed by atoms with E-state index in [4.69, 9.17) is 23.8 Å². The third-order valence-electron chi connectivity index (χ3n) is 4.57. The number of halogens is 1. The highest BCUT2D eigenvalue weighted by Gasteiger charge is 2.21. The van der Waals surface area contributed by atoms with Crippen molar-refractivity contribution in [3.05, 3.63) is 93.9 Å². The van der Waals surface area contributed by atoms with E-state index < -0.39 is 0 Å². The molecule has 0 bridgehead atoms. The fourth-order valence-corrected chi connectivity index (χ4v) is 4.46. The van der Waals surface area contributed by atoms with Crippen molar-refractivity contribution in [1.82, 2.24) is 0 Å². The molecule has 0 aliphatic rings. The summed E-state index contributed by atoms with van der Waals surface area (Å²) in [6.45, 7) is -0.142. The molecule has 2 aromatic heterocycles. The van der Waals surface area contributed by atoms with Crippen molar-refractivity contribution in [1.29, 1.82) is 0 Å². The van der Waals surface area contributed by atoms with E-state index in [1.807, 2.05) is 42.5 Å². The molecule has 2 heterocycles. The summed E-state index contributed by atoms with van der Waals surface area (Å²) in [5.41, 5.74) is 1.76. The maximum atomic E-state index is 13.4. The van der Waals surface area contributed by atoms with Gasteiger partial charge in [0.05, 0.1) is 10.9 Å². The van der Waals surface area contributed by atoms with Crippen molar-refractivity contribution in [3.8, 4) is 0 Å². The highest BCUT2D eigenvalue weighted by Crippen LogP contribution is 2.28. The minimum Gasteiger partial charge on any atom is -0.867 e. The van der Waals surface area contributed by atoms with Gasteiger partial charge in [0.25, 0.3) is 0 Å². The fourth-order valence-electron chi connectivity index (χ4n) is 3.16. The summed E-state index contributed by atoms with van der Waals surface area (Å²) in [5.74, 6) is -0.246. The number of rotatable bonds is 5. The van der Waals surface area contributed by atoms with E-state index in [0.717, 1.165) is 16.5 Å². The lowest BCUT2D eigenvalue weighted by molar-refractivity contribution is -0.578. The minimum atomic E-state index is -0.246. The van der Waals surface area contributed by atoms with Crippen molar-refractivity contribution in [2.45, 2.75) is 6.61 Å². The summed E-state index contributed by atoms with van der Waals surface area (Å²) in [6.07, 6.45) is 3.43. The molecule has 0 spiro atoms. The molecular weight excluding hydrogens is 436 g/mol. The number of hydrogen-bond donors (Lipinski definition) is 2. The van der Waals surface area contributed by atoms with Crippen LogP contribution in [0.1, 0.15) is 10.4 Å². The molecule has 0 unspecified atom stereocenters. The summed E-state index contributed by atoms with van der Waals surface area (Å²) < 4.78 is 2.17. The number of aliphatic hydroxyl groups excluding tert-OH is 1. The zero-order valence-electron chi connectivity index (χ0n) is 15.7. The number of anilines is 1. The number of thiophene rings is 1. The van der Waals surface area contributed by atoms with Crippen LogP contribution in [0.15, 0.2) is 79.1 Å². The Morgan fingerprint density at radius 3 is 2.63 bits per heavy atom. The Hall–Kier alpha value is -2.77. The predicted octanol–water partition coefficient (Wildman–Crippen LogP) is 4.46. The molecule has 0 atom stereocenters. The second kappa shape index (κ2) is 8.93. The first-order valence-electron chi connectivity index (χ1n) is 9.14. The summed E-state index contributed by atoms with van der Waals surface area (Å²) in [4.78, 5) is 0.764. The van der Waals surface area contributed by atoms with Crippen LogP contribution < -0.4 is 15.0 Å². The van der Waals surface area contributed by atoms with Crippen molar-refractivity contribution in [2.24, 2.45) is 0 Å². The third-order valence-corrected chi connectivity index (χ3v) is 6.09. The molecule has 4 aromatic rings. The zero-order chi connectivity index (χ0) is 21.1. The second-order valence-corrected chi connectivity index (χ2v) is 8.66. The van der Waals surface area contributed by atoms with Gasteiger partial charge in [-0.3, -0.25) is 0 Å². The molecule has 4 rings (SSSR count). The molecular formula is C23H17ClN2O2S2. The largest absolute Gasteiger partial charge is 0.867 e. The molecule has 0 aliphatic carbocycles. The Labute approximate surface area is 188 Å². The smallest absolute Gasteiger partial charge is 0.239 e. The second-order valence-electron chi connectivity index (χ2n) is 6.54. The topological polar surface area (TPSA) is 59.2 Å². The molecule has 2 N–H and O–H groups in total. The van der Waals surface area contributed by atoms with Crippen LogP contribution in [0.4, 0.5) is 5.69 Å². The first-order valence-corrected chi connectivity index (χ1v) is 10.7. The number of nitrogens with one attached hydrogen (secondary N) is 1. The molecule has 2 aromatic carbocycles. The summed E-state index contributed by atoms with van der Waals surface area (Å²) >= 11 is 12.9. The molecule has 0 amide bonds. The average molecular weight is 453 g/mol. The Bertz CT molecular complexity index is 1260. The van der Waals surface area contributed by atoms with Crippen LogP contribution in [-0.2, 0) is 6.61 Å².